The van der Waals surface area contributed by atoms with E-state index in [9.17, 15) is 4.79 Å². The van der Waals surface area contributed by atoms with Crippen LogP contribution in [0.4, 0.5) is 5.69 Å². The number of rotatable bonds is 5. The lowest BCUT2D eigenvalue weighted by atomic mass is 10.1. The Kier molecular flexibility index (Phi) is 4.30. The molecule has 1 aromatic carbocycles. The molecular formula is C18H17N3O4. The zero-order valence-corrected chi connectivity index (χ0v) is 13.5. The molecule has 3 aromatic rings. The number of nitrogens with one attached hydrogen (secondary N) is 1. The SMILES string of the molecule is O=C(Nc1ccccc1Cc1nc(-c2ccco2)no1)[C@@H]1CCOC1. The molecule has 4 rings (SSSR count). The molecule has 2 aromatic heterocycles. The van der Waals surface area contributed by atoms with Gasteiger partial charge < -0.3 is 19.0 Å². The van der Waals surface area contributed by atoms with Crippen LogP contribution in [0.15, 0.2) is 51.6 Å². The molecule has 0 spiro atoms. The molecule has 0 unspecified atom stereocenters. The average Bonchev–Trinajstić information content (AvgIpc) is 3.38. The highest BCUT2D eigenvalue weighted by molar-refractivity contribution is 5.93. The van der Waals surface area contributed by atoms with Gasteiger partial charge in [0.15, 0.2) is 5.76 Å². The monoisotopic (exact) mass is 339 g/mol. The van der Waals surface area contributed by atoms with E-state index >= 15 is 0 Å². The van der Waals surface area contributed by atoms with Crippen molar-refractivity contribution in [3.05, 3.63) is 54.1 Å². The van der Waals surface area contributed by atoms with Gasteiger partial charge in [0.2, 0.25) is 17.6 Å². The van der Waals surface area contributed by atoms with Crippen molar-refractivity contribution in [3.8, 4) is 11.6 Å². The molecule has 1 fully saturated rings. The van der Waals surface area contributed by atoms with Crippen molar-refractivity contribution in [2.24, 2.45) is 5.92 Å². The average molecular weight is 339 g/mol. The summed E-state index contributed by atoms with van der Waals surface area (Å²) in [6.07, 6.45) is 2.73. The van der Waals surface area contributed by atoms with Crippen LogP contribution in [-0.2, 0) is 16.0 Å². The van der Waals surface area contributed by atoms with E-state index in [4.69, 9.17) is 13.7 Å². The summed E-state index contributed by atoms with van der Waals surface area (Å²) >= 11 is 0. The number of benzene rings is 1. The molecule has 1 saturated heterocycles. The maximum Gasteiger partial charge on any atom is 0.238 e. The van der Waals surface area contributed by atoms with Crippen LogP contribution >= 0.6 is 0 Å². The molecule has 7 nitrogen and oxygen atoms in total. The Morgan fingerprint density at radius 3 is 2.96 bits per heavy atom. The minimum atomic E-state index is -0.0954. The lowest BCUT2D eigenvalue weighted by Crippen LogP contribution is -2.23. The van der Waals surface area contributed by atoms with Gasteiger partial charge in [0.25, 0.3) is 0 Å². The minimum Gasteiger partial charge on any atom is -0.461 e. The molecule has 0 aliphatic carbocycles. The van der Waals surface area contributed by atoms with Gasteiger partial charge in [-0.3, -0.25) is 4.79 Å². The number of furan rings is 1. The molecule has 3 heterocycles. The van der Waals surface area contributed by atoms with E-state index < -0.39 is 0 Å². The lowest BCUT2D eigenvalue weighted by Gasteiger charge is -2.12. The second kappa shape index (κ2) is 6.90. The van der Waals surface area contributed by atoms with Crippen molar-refractivity contribution >= 4 is 11.6 Å². The third-order valence-corrected chi connectivity index (χ3v) is 4.13. The van der Waals surface area contributed by atoms with E-state index in [0.717, 1.165) is 17.7 Å². The van der Waals surface area contributed by atoms with Gasteiger partial charge in [0, 0.05) is 12.3 Å². The van der Waals surface area contributed by atoms with Crippen LogP contribution in [0, 0.1) is 5.92 Å². The zero-order valence-electron chi connectivity index (χ0n) is 13.5. The van der Waals surface area contributed by atoms with Crippen molar-refractivity contribution in [2.45, 2.75) is 12.8 Å². The number of amides is 1. The molecule has 1 aliphatic rings. The Balaban J connectivity index is 1.50. The van der Waals surface area contributed by atoms with Gasteiger partial charge in [0.1, 0.15) is 0 Å². The fourth-order valence-corrected chi connectivity index (χ4v) is 2.77. The summed E-state index contributed by atoms with van der Waals surface area (Å²) in [6, 6.07) is 11.1. The Morgan fingerprint density at radius 2 is 2.16 bits per heavy atom. The summed E-state index contributed by atoms with van der Waals surface area (Å²) in [5.74, 6) is 1.30. The standard InChI is InChI=1S/C18H17N3O4/c22-18(13-7-9-23-11-13)19-14-5-2-1-4-12(14)10-16-20-17(21-25-16)15-6-3-8-24-15/h1-6,8,13H,7,9-11H2,(H,19,22)/t13-/m1/s1. The van der Waals surface area contributed by atoms with E-state index in [0.29, 0.717) is 37.1 Å². The van der Waals surface area contributed by atoms with Gasteiger partial charge >= 0.3 is 0 Å². The Bertz CT molecular complexity index is 851. The molecule has 128 valence electrons. The van der Waals surface area contributed by atoms with Crippen LogP contribution < -0.4 is 5.32 Å². The van der Waals surface area contributed by atoms with E-state index in [1.807, 2.05) is 24.3 Å². The zero-order chi connectivity index (χ0) is 17.1. The minimum absolute atomic E-state index is 0.0215. The van der Waals surface area contributed by atoms with Gasteiger partial charge in [0.05, 0.1) is 25.2 Å². The molecule has 1 amide bonds. The summed E-state index contributed by atoms with van der Waals surface area (Å²) in [4.78, 5) is 16.7. The molecule has 0 bridgehead atoms. The summed E-state index contributed by atoms with van der Waals surface area (Å²) in [7, 11) is 0. The molecule has 1 aliphatic heterocycles. The molecule has 0 radical (unpaired) electrons. The highest BCUT2D eigenvalue weighted by Crippen LogP contribution is 2.23. The van der Waals surface area contributed by atoms with Crippen LogP contribution in [0.3, 0.4) is 0 Å². The number of hydrogen-bond donors (Lipinski definition) is 1. The second-order valence-corrected chi connectivity index (χ2v) is 5.87. The molecule has 25 heavy (non-hydrogen) atoms. The van der Waals surface area contributed by atoms with Crippen molar-refractivity contribution in [3.63, 3.8) is 0 Å². The number of hydrogen-bond acceptors (Lipinski definition) is 6. The predicted molar refractivity (Wildman–Crippen MR) is 88.8 cm³/mol. The summed E-state index contributed by atoms with van der Waals surface area (Å²) in [5.41, 5.74) is 1.65. The highest BCUT2D eigenvalue weighted by Gasteiger charge is 2.24. The van der Waals surface area contributed by atoms with E-state index in [2.05, 4.69) is 15.5 Å². The van der Waals surface area contributed by atoms with E-state index in [1.165, 1.54) is 0 Å². The first-order valence-corrected chi connectivity index (χ1v) is 8.12. The first kappa shape index (κ1) is 15.6. The van der Waals surface area contributed by atoms with Crippen molar-refractivity contribution < 1.29 is 18.5 Å². The third-order valence-electron chi connectivity index (χ3n) is 4.13. The number of carbonyl (C=O) groups is 1. The number of nitrogens with zero attached hydrogens (tertiary/aromatic N) is 2. The maximum atomic E-state index is 12.3. The Labute approximate surface area is 144 Å². The maximum absolute atomic E-state index is 12.3. The first-order chi connectivity index (χ1) is 12.3. The van der Waals surface area contributed by atoms with Gasteiger partial charge in [-0.2, -0.15) is 4.98 Å². The number of aromatic nitrogens is 2. The quantitative estimate of drug-likeness (QED) is 0.768. The Morgan fingerprint density at radius 1 is 1.24 bits per heavy atom. The third kappa shape index (κ3) is 3.46. The van der Waals surface area contributed by atoms with Gasteiger partial charge in [-0.15, -0.1) is 0 Å². The number of carbonyl (C=O) groups excluding carboxylic acids is 1. The molecule has 7 heteroatoms. The van der Waals surface area contributed by atoms with Crippen molar-refractivity contribution in [1.29, 1.82) is 0 Å². The number of anilines is 1. The fraction of sp³-hybridized carbons (Fsp3) is 0.278. The molecule has 1 atom stereocenters. The van der Waals surface area contributed by atoms with Crippen LogP contribution in [0.25, 0.3) is 11.6 Å². The van der Waals surface area contributed by atoms with Crippen LogP contribution in [0.5, 0.6) is 0 Å². The van der Waals surface area contributed by atoms with Crippen LogP contribution in [0.2, 0.25) is 0 Å². The number of ether oxygens (including phenoxy) is 1. The molecule has 0 saturated carbocycles. The lowest BCUT2D eigenvalue weighted by molar-refractivity contribution is -0.119. The van der Waals surface area contributed by atoms with E-state index in [1.54, 1.807) is 18.4 Å². The molecular weight excluding hydrogens is 322 g/mol. The van der Waals surface area contributed by atoms with Gasteiger partial charge in [-0.25, -0.2) is 0 Å². The molecule has 1 N–H and O–H groups in total. The normalized spacial score (nSPS) is 16.9. The Hall–Kier alpha value is -2.93. The van der Waals surface area contributed by atoms with Gasteiger partial charge in [-0.05, 0) is 30.2 Å². The van der Waals surface area contributed by atoms with Crippen LogP contribution in [-0.4, -0.2) is 29.3 Å². The summed E-state index contributed by atoms with van der Waals surface area (Å²) < 4.78 is 15.8. The fourth-order valence-electron chi connectivity index (χ4n) is 2.77. The van der Waals surface area contributed by atoms with E-state index in [-0.39, 0.29) is 11.8 Å². The largest absolute Gasteiger partial charge is 0.461 e. The summed E-state index contributed by atoms with van der Waals surface area (Å²) in [5, 5.41) is 6.90. The highest BCUT2D eigenvalue weighted by atomic mass is 16.5. The number of para-hydroxylation sites is 1. The van der Waals surface area contributed by atoms with Gasteiger partial charge in [-0.1, -0.05) is 23.4 Å². The summed E-state index contributed by atoms with van der Waals surface area (Å²) in [6.45, 7) is 1.11. The topological polar surface area (TPSA) is 90.4 Å². The second-order valence-electron chi connectivity index (χ2n) is 5.87. The predicted octanol–water partition coefficient (Wildman–Crippen LogP) is 2.90. The smallest absolute Gasteiger partial charge is 0.238 e. The first-order valence-electron chi connectivity index (χ1n) is 8.12. The van der Waals surface area contributed by atoms with Crippen molar-refractivity contribution in [1.82, 2.24) is 10.1 Å². The van der Waals surface area contributed by atoms with Crippen molar-refractivity contribution in [2.75, 3.05) is 18.5 Å². The van der Waals surface area contributed by atoms with Crippen LogP contribution in [0.1, 0.15) is 17.9 Å².